The molecule has 1 aliphatic rings. The summed E-state index contributed by atoms with van der Waals surface area (Å²) in [7, 11) is 1.75. The van der Waals surface area contributed by atoms with E-state index in [0.717, 1.165) is 22.6 Å². The van der Waals surface area contributed by atoms with Crippen molar-refractivity contribution < 1.29 is 9.53 Å². The molecule has 0 radical (unpaired) electrons. The van der Waals surface area contributed by atoms with Gasteiger partial charge in [-0.2, -0.15) is 0 Å². The molecule has 2 aromatic rings. The minimum Gasteiger partial charge on any atom is -0.493 e. The molecule has 1 unspecified atom stereocenters. The van der Waals surface area contributed by atoms with Crippen molar-refractivity contribution in [2.24, 2.45) is 10.9 Å². The molecule has 1 aliphatic heterocycles. The first-order valence-electron chi connectivity index (χ1n) is 10.1. The summed E-state index contributed by atoms with van der Waals surface area (Å²) in [6, 6.07) is 16.0. The zero-order valence-electron chi connectivity index (χ0n) is 17.8. The second kappa shape index (κ2) is 11.8. The Morgan fingerprint density at radius 1 is 1.17 bits per heavy atom. The third-order valence-electron chi connectivity index (χ3n) is 4.84. The van der Waals surface area contributed by atoms with Crippen LogP contribution in [-0.2, 0) is 11.3 Å². The van der Waals surface area contributed by atoms with Crippen LogP contribution in [0.3, 0.4) is 0 Å². The molecule has 1 heterocycles. The summed E-state index contributed by atoms with van der Waals surface area (Å²) in [6.07, 6.45) is 0.465. The van der Waals surface area contributed by atoms with Gasteiger partial charge in [-0.15, -0.1) is 24.0 Å². The molecule has 3 N–H and O–H groups in total. The van der Waals surface area contributed by atoms with E-state index in [1.54, 1.807) is 7.05 Å². The van der Waals surface area contributed by atoms with Crippen LogP contribution >= 0.6 is 24.0 Å². The number of benzene rings is 2. The van der Waals surface area contributed by atoms with E-state index in [-0.39, 0.29) is 35.8 Å². The van der Waals surface area contributed by atoms with Gasteiger partial charge in [0, 0.05) is 43.7 Å². The monoisotopic (exact) mass is 522 g/mol. The predicted molar refractivity (Wildman–Crippen MR) is 133 cm³/mol. The van der Waals surface area contributed by atoms with Crippen molar-refractivity contribution in [3.05, 3.63) is 59.7 Å². The van der Waals surface area contributed by atoms with E-state index in [1.807, 2.05) is 36.4 Å². The summed E-state index contributed by atoms with van der Waals surface area (Å²) in [6.45, 7) is 6.20. The van der Waals surface area contributed by atoms with E-state index >= 15 is 0 Å². The zero-order chi connectivity index (χ0) is 20.6. The van der Waals surface area contributed by atoms with Gasteiger partial charge in [-0.3, -0.25) is 9.79 Å². The molecule has 0 fully saturated rings. The van der Waals surface area contributed by atoms with Crippen LogP contribution in [0.5, 0.6) is 5.75 Å². The Kier molecular flexibility index (Phi) is 9.42. The fourth-order valence-electron chi connectivity index (χ4n) is 3.35. The highest BCUT2D eigenvalue weighted by Gasteiger charge is 2.24. The number of ether oxygens (including phenoxy) is 1. The third-order valence-corrected chi connectivity index (χ3v) is 4.84. The first-order chi connectivity index (χ1) is 14.1. The SMILES string of the molecule is CN=C(NCc1ccccc1OCC(C)C)NCC1CC(=O)Nc2ccccc21.I. The van der Waals surface area contributed by atoms with Gasteiger partial charge in [-0.25, -0.2) is 0 Å². The number of aliphatic imine (C=N–C) groups is 1. The number of halogens is 1. The van der Waals surface area contributed by atoms with Gasteiger partial charge < -0.3 is 20.7 Å². The maximum atomic E-state index is 12.0. The number of hydrogen-bond donors (Lipinski definition) is 3. The average Bonchev–Trinajstić information content (AvgIpc) is 2.72. The number of para-hydroxylation sites is 2. The van der Waals surface area contributed by atoms with Gasteiger partial charge in [0.15, 0.2) is 5.96 Å². The van der Waals surface area contributed by atoms with Crippen molar-refractivity contribution in [3.8, 4) is 5.75 Å². The van der Waals surface area contributed by atoms with Crippen molar-refractivity contribution in [2.75, 3.05) is 25.5 Å². The number of anilines is 1. The molecule has 3 rings (SSSR count). The van der Waals surface area contributed by atoms with Crippen LogP contribution in [0.15, 0.2) is 53.5 Å². The minimum absolute atomic E-state index is 0. The van der Waals surface area contributed by atoms with Crippen LogP contribution in [0.2, 0.25) is 0 Å². The highest BCUT2D eigenvalue weighted by molar-refractivity contribution is 14.0. The van der Waals surface area contributed by atoms with E-state index in [0.29, 0.717) is 38.0 Å². The normalized spacial score (nSPS) is 15.7. The smallest absolute Gasteiger partial charge is 0.225 e. The predicted octanol–water partition coefficient (Wildman–Crippen LogP) is 4.13. The van der Waals surface area contributed by atoms with Crippen LogP contribution in [0.4, 0.5) is 5.69 Å². The van der Waals surface area contributed by atoms with Crippen LogP contribution in [0, 0.1) is 5.92 Å². The second-order valence-corrected chi connectivity index (χ2v) is 7.66. The molecular weight excluding hydrogens is 491 g/mol. The lowest BCUT2D eigenvalue weighted by atomic mass is 9.90. The van der Waals surface area contributed by atoms with Gasteiger partial charge in [0.2, 0.25) is 5.91 Å². The molecule has 30 heavy (non-hydrogen) atoms. The lowest BCUT2D eigenvalue weighted by Gasteiger charge is -2.26. The fraction of sp³-hybridized carbons (Fsp3) is 0.391. The van der Waals surface area contributed by atoms with Crippen molar-refractivity contribution in [1.82, 2.24) is 10.6 Å². The lowest BCUT2D eigenvalue weighted by molar-refractivity contribution is -0.116. The molecule has 6 nitrogen and oxygen atoms in total. The number of carbonyl (C=O) groups excluding carboxylic acids is 1. The van der Waals surface area contributed by atoms with E-state index in [2.05, 4.69) is 46.9 Å². The topological polar surface area (TPSA) is 74.8 Å². The van der Waals surface area contributed by atoms with Crippen molar-refractivity contribution in [1.29, 1.82) is 0 Å². The van der Waals surface area contributed by atoms with Crippen molar-refractivity contribution >= 4 is 41.5 Å². The highest BCUT2D eigenvalue weighted by atomic mass is 127. The summed E-state index contributed by atoms with van der Waals surface area (Å²) >= 11 is 0. The Labute approximate surface area is 195 Å². The van der Waals surface area contributed by atoms with E-state index in [1.165, 1.54) is 0 Å². The average molecular weight is 522 g/mol. The number of fused-ring (bicyclic) bond motifs is 1. The number of carbonyl (C=O) groups is 1. The molecule has 162 valence electrons. The van der Waals surface area contributed by atoms with E-state index < -0.39 is 0 Å². The highest BCUT2D eigenvalue weighted by Crippen LogP contribution is 2.31. The summed E-state index contributed by atoms with van der Waals surface area (Å²) in [5.74, 6) is 2.23. The maximum Gasteiger partial charge on any atom is 0.225 e. The first kappa shape index (κ1) is 24.0. The van der Waals surface area contributed by atoms with Gasteiger partial charge in [-0.05, 0) is 23.6 Å². The van der Waals surface area contributed by atoms with Gasteiger partial charge in [-0.1, -0.05) is 50.2 Å². The molecule has 0 saturated heterocycles. The summed E-state index contributed by atoms with van der Waals surface area (Å²) in [5, 5.41) is 9.64. The summed E-state index contributed by atoms with van der Waals surface area (Å²) in [4.78, 5) is 16.3. The molecule has 1 atom stereocenters. The largest absolute Gasteiger partial charge is 0.493 e. The second-order valence-electron chi connectivity index (χ2n) is 7.66. The molecule has 7 heteroatoms. The van der Waals surface area contributed by atoms with E-state index in [9.17, 15) is 4.79 Å². The Bertz CT molecular complexity index is 870. The Morgan fingerprint density at radius 2 is 1.90 bits per heavy atom. The number of hydrogen-bond acceptors (Lipinski definition) is 3. The van der Waals surface area contributed by atoms with Crippen molar-refractivity contribution in [3.63, 3.8) is 0 Å². The van der Waals surface area contributed by atoms with Crippen LogP contribution < -0.4 is 20.7 Å². The minimum atomic E-state index is 0. The summed E-state index contributed by atoms with van der Waals surface area (Å²) < 4.78 is 5.93. The molecule has 0 bridgehead atoms. The third kappa shape index (κ3) is 6.62. The number of nitrogens with one attached hydrogen (secondary N) is 3. The van der Waals surface area contributed by atoms with Crippen molar-refractivity contribution in [2.45, 2.75) is 32.7 Å². The Balaban J connectivity index is 0.00000320. The molecule has 0 spiro atoms. The number of amides is 1. The Morgan fingerprint density at radius 3 is 2.67 bits per heavy atom. The van der Waals surface area contributed by atoms with Crippen LogP contribution in [-0.4, -0.2) is 32.1 Å². The molecular formula is C23H31IN4O2. The molecule has 0 aliphatic carbocycles. The molecule has 0 aromatic heterocycles. The van der Waals surface area contributed by atoms with Crippen LogP contribution in [0.1, 0.15) is 37.3 Å². The quantitative estimate of drug-likeness (QED) is 0.291. The van der Waals surface area contributed by atoms with E-state index in [4.69, 9.17) is 4.74 Å². The van der Waals surface area contributed by atoms with Gasteiger partial charge >= 0.3 is 0 Å². The van der Waals surface area contributed by atoms with Crippen LogP contribution in [0.25, 0.3) is 0 Å². The first-order valence-corrected chi connectivity index (χ1v) is 10.1. The van der Waals surface area contributed by atoms with Gasteiger partial charge in [0.05, 0.1) is 6.61 Å². The molecule has 2 aromatic carbocycles. The maximum absolute atomic E-state index is 12.0. The van der Waals surface area contributed by atoms with Gasteiger partial charge in [0.1, 0.15) is 5.75 Å². The Hall–Kier alpha value is -2.29. The lowest BCUT2D eigenvalue weighted by Crippen LogP contribution is -2.40. The fourth-order valence-corrected chi connectivity index (χ4v) is 3.35. The number of rotatable bonds is 7. The standard InChI is InChI=1S/C23H30N4O2.HI/c1-16(2)15-29-21-11-7-4-8-17(21)13-25-23(24-3)26-14-18-12-22(28)27-20-10-6-5-9-19(18)20;/h4-11,16,18H,12-15H2,1-3H3,(H,27,28)(H2,24,25,26);1H. The van der Waals surface area contributed by atoms with Gasteiger partial charge in [0.25, 0.3) is 0 Å². The zero-order valence-corrected chi connectivity index (χ0v) is 20.1. The number of guanidine groups is 1. The number of nitrogens with zero attached hydrogens (tertiary/aromatic N) is 1. The molecule has 0 saturated carbocycles. The molecule has 1 amide bonds. The summed E-state index contributed by atoms with van der Waals surface area (Å²) in [5.41, 5.74) is 3.13.